The fourth-order valence-corrected chi connectivity index (χ4v) is 5.37. The summed E-state index contributed by atoms with van der Waals surface area (Å²) in [5.74, 6) is -0.296. The van der Waals surface area contributed by atoms with Gasteiger partial charge in [-0.05, 0) is 36.1 Å². The Kier molecular flexibility index (Phi) is 5.58. The number of rotatable bonds is 6. The van der Waals surface area contributed by atoms with Crippen molar-refractivity contribution in [3.05, 3.63) is 95.6 Å². The van der Waals surface area contributed by atoms with Crippen molar-refractivity contribution in [3.8, 4) is 11.3 Å². The van der Waals surface area contributed by atoms with Crippen LogP contribution in [0.15, 0.2) is 78.9 Å². The van der Waals surface area contributed by atoms with Crippen molar-refractivity contribution in [2.75, 3.05) is 19.7 Å². The van der Waals surface area contributed by atoms with Gasteiger partial charge >= 0.3 is 0 Å². The minimum absolute atomic E-state index is 0.0152. The van der Waals surface area contributed by atoms with Crippen LogP contribution in [-0.4, -0.2) is 47.5 Å². The van der Waals surface area contributed by atoms with Gasteiger partial charge in [0.2, 0.25) is 5.91 Å². The summed E-state index contributed by atoms with van der Waals surface area (Å²) in [6, 6.07) is 25.6. The Labute approximate surface area is 203 Å². The number of hydrogen-bond acceptors (Lipinski definition) is 3. The van der Waals surface area contributed by atoms with Gasteiger partial charge in [0.05, 0.1) is 17.8 Å². The molecule has 0 bridgehead atoms. The molecule has 2 aliphatic heterocycles. The molecule has 4 aromatic rings. The van der Waals surface area contributed by atoms with Crippen molar-refractivity contribution in [2.45, 2.75) is 25.0 Å². The lowest BCUT2D eigenvalue weighted by atomic mass is 9.93. The molecule has 0 radical (unpaired) electrons. The van der Waals surface area contributed by atoms with Crippen molar-refractivity contribution in [2.24, 2.45) is 0 Å². The van der Waals surface area contributed by atoms with Crippen LogP contribution in [0.5, 0.6) is 0 Å². The highest BCUT2D eigenvalue weighted by Crippen LogP contribution is 2.45. The lowest BCUT2D eigenvalue weighted by molar-refractivity contribution is -0.122. The van der Waals surface area contributed by atoms with E-state index in [1.807, 2.05) is 60.7 Å². The zero-order valence-corrected chi connectivity index (χ0v) is 19.4. The molecule has 2 aliphatic rings. The first kappa shape index (κ1) is 21.6. The molecule has 6 heteroatoms. The van der Waals surface area contributed by atoms with E-state index in [1.165, 1.54) is 0 Å². The van der Waals surface area contributed by atoms with Crippen LogP contribution < -0.4 is 5.32 Å². The van der Waals surface area contributed by atoms with Crippen LogP contribution in [0.25, 0.3) is 22.2 Å². The lowest BCUT2D eigenvalue weighted by Gasteiger charge is -2.26. The molecular weight excluding hydrogens is 438 g/mol. The van der Waals surface area contributed by atoms with E-state index in [0.29, 0.717) is 12.1 Å². The van der Waals surface area contributed by atoms with Gasteiger partial charge in [-0.15, -0.1) is 0 Å². The highest BCUT2D eigenvalue weighted by atomic mass is 16.5. The molecule has 2 N–H and O–H groups in total. The molecule has 1 fully saturated rings. The molecule has 0 aliphatic carbocycles. The van der Waals surface area contributed by atoms with Crippen LogP contribution in [0.4, 0.5) is 0 Å². The third-order valence-electron chi connectivity index (χ3n) is 7.01. The van der Waals surface area contributed by atoms with Gasteiger partial charge < -0.3 is 19.9 Å². The average Bonchev–Trinajstić information content (AvgIpc) is 3.61. The van der Waals surface area contributed by atoms with Gasteiger partial charge in [0, 0.05) is 35.2 Å². The molecule has 6 nitrogen and oxygen atoms in total. The summed E-state index contributed by atoms with van der Waals surface area (Å²) in [6.45, 7) is 1.20. The SMILES string of the molecule is O=C(CN1C(=O)c2ccccc2[C@@H]1c1c(-c2ccccc2)[nH]c2ccccc12)NC[C@@H]1CCCO1. The van der Waals surface area contributed by atoms with Crippen LogP contribution >= 0.6 is 0 Å². The van der Waals surface area contributed by atoms with Crippen molar-refractivity contribution in [1.29, 1.82) is 0 Å². The molecule has 0 unspecified atom stereocenters. The number of carbonyl (C=O) groups is 2. The number of hydrogen-bond donors (Lipinski definition) is 2. The third-order valence-corrected chi connectivity index (χ3v) is 7.01. The number of aromatic amines is 1. The fourth-order valence-electron chi connectivity index (χ4n) is 5.37. The summed E-state index contributed by atoms with van der Waals surface area (Å²) in [7, 11) is 0. The Morgan fingerprint density at radius 2 is 1.77 bits per heavy atom. The summed E-state index contributed by atoms with van der Waals surface area (Å²) < 4.78 is 5.64. The van der Waals surface area contributed by atoms with Crippen molar-refractivity contribution in [3.63, 3.8) is 0 Å². The average molecular weight is 466 g/mol. The zero-order valence-electron chi connectivity index (χ0n) is 19.4. The van der Waals surface area contributed by atoms with Crippen LogP contribution in [0, 0.1) is 0 Å². The second kappa shape index (κ2) is 9.04. The number of carbonyl (C=O) groups excluding carboxylic acids is 2. The Morgan fingerprint density at radius 3 is 2.60 bits per heavy atom. The van der Waals surface area contributed by atoms with Gasteiger partial charge in [-0.3, -0.25) is 9.59 Å². The number of benzene rings is 3. The Hall–Kier alpha value is -3.90. The number of nitrogens with one attached hydrogen (secondary N) is 2. The zero-order chi connectivity index (χ0) is 23.8. The monoisotopic (exact) mass is 465 g/mol. The highest BCUT2D eigenvalue weighted by Gasteiger charge is 2.41. The maximum absolute atomic E-state index is 13.6. The van der Waals surface area contributed by atoms with Crippen LogP contribution in [0.3, 0.4) is 0 Å². The number of ether oxygens (including phenoxy) is 1. The molecule has 1 aromatic heterocycles. The smallest absolute Gasteiger partial charge is 0.255 e. The Bertz CT molecular complexity index is 1390. The normalized spacial score (nSPS) is 19.3. The molecular formula is C29H27N3O3. The highest BCUT2D eigenvalue weighted by molar-refractivity contribution is 6.03. The van der Waals surface area contributed by atoms with Crippen LogP contribution in [0.2, 0.25) is 0 Å². The molecule has 2 atom stereocenters. The van der Waals surface area contributed by atoms with Crippen LogP contribution in [-0.2, 0) is 9.53 Å². The molecule has 6 rings (SSSR count). The van der Waals surface area contributed by atoms with E-state index >= 15 is 0 Å². The first-order chi connectivity index (χ1) is 17.2. The number of amides is 2. The maximum Gasteiger partial charge on any atom is 0.255 e. The molecule has 35 heavy (non-hydrogen) atoms. The number of para-hydroxylation sites is 1. The molecule has 0 spiro atoms. The number of H-pyrrole nitrogens is 1. The van der Waals surface area contributed by atoms with E-state index in [4.69, 9.17) is 4.74 Å². The standard InChI is InChI=1S/C29H27N3O3/c33-25(30-17-20-11-8-16-35-20)18-32-28(21-12-4-5-13-22(21)29(32)34)26-23-14-6-7-15-24(23)31-27(26)19-9-2-1-3-10-19/h1-7,9-10,12-15,20,28,31H,8,11,16-18H2,(H,30,33)/t20-,28+/m0/s1. The van der Waals surface area contributed by atoms with E-state index in [9.17, 15) is 9.59 Å². The minimum Gasteiger partial charge on any atom is -0.376 e. The van der Waals surface area contributed by atoms with Crippen molar-refractivity contribution < 1.29 is 14.3 Å². The topological polar surface area (TPSA) is 74.4 Å². The van der Waals surface area contributed by atoms with E-state index in [-0.39, 0.29) is 30.5 Å². The Morgan fingerprint density at radius 1 is 1.00 bits per heavy atom. The molecule has 3 heterocycles. The molecule has 1 saturated heterocycles. The largest absolute Gasteiger partial charge is 0.376 e. The molecule has 3 aromatic carbocycles. The van der Waals surface area contributed by atoms with E-state index in [0.717, 1.165) is 52.7 Å². The second-order valence-corrected chi connectivity index (χ2v) is 9.19. The quantitative estimate of drug-likeness (QED) is 0.434. The van der Waals surface area contributed by atoms with Crippen molar-refractivity contribution >= 4 is 22.7 Å². The number of aromatic nitrogens is 1. The summed E-state index contributed by atoms with van der Waals surface area (Å²) >= 11 is 0. The van der Waals surface area contributed by atoms with E-state index in [1.54, 1.807) is 4.90 Å². The minimum atomic E-state index is -0.376. The predicted molar refractivity (Wildman–Crippen MR) is 135 cm³/mol. The first-order valence-electron chi connectivity index (χ1n) is 12.1. The molecule has 176 valence electrons. The summed E-state index contributed by atoms with van der Waals surface area (Å²) in [5.41, 5.74) is 5.59. The summed E-state index contributed by atoms with van der Waals surface area (Å²) in [4.78, 5) is 31.9. The van der Waals surface area contributed by atoms with E-state index in [2.05, 4.69) is 28.5 Å². The van der Waals surface area contributed by atoms with Gasteiger partial charge in [0.25, 0.3) is 5.91 Å². The Balaban J connectivity index is 1.43. The van der Waals surface area contributed by atoms with Gasteiger partial charge in [0.15, 0.2) is 0 Å². The first-order valence-corrected chi connectivity index (χ1v) is 12.1. The molecule has 0 saturated carbocycles. The summed E-state index contributed by atoms with van der Waals surface area (Å²) in [6.07, 6.45) is 2.03. The van der Waals surface area contributed by atoms with Gasteiger partial charge in [-0.2, -0.15) is 0 Å². The summed E-state index contributed by atoms with van der Waals surface area (Å²) in [5, 5.41) is 4.03. The van der Waals surface area contributed by atoms with Crippen LogP contribution in [0.1, 0.15) is 40.4 Å². The second-order valence-electron chi connectivity index (χ2n) is 9.19. The maximum atomic E-state index is 13.6. The molecule has 2 amide bonds. The third kappa shape index (κ3) is 3.90. The van der Waals surface area contributed by atoms with Gasteiger partial charge in [0.1, 0.15) is 6.54 Å². The van der Waals surface area contributed by atoms with Gasteiger partial charge in [-0.1, -0.05) is 66.7 Å². The van der Waals surface area contributed by atoms with Gasteiger partial charge in [-0.25, -0.2) is 0 Å². The number of nitrogens with zero attached hydrogens (tertiary/aromatic N) is 1. The predicted octanol–water partition coefficient (Wildman–Crippen LogP) is 4.68. The lowest BCUT2D eigenvalue weighted by Crippen LogP contribution is -2.41. The number of fused-ring (bicyclic) bond motifs is 2. The van der Waals surface area contributed by atoms with Crippen molar-refractivity contribution in [1.82, 2.24) is 15.2 Å². The fraction of sp³-hybridized carbons (Fsp3) is 0.241. The van der Waals surface area contributed by atoms with E-state index < -0.39 is 0 Å².